The van der Waals surface area contributed by atoms with Gasteiger partial charge in [0.1, 0.15) is 19.0 Å². The van der Waals surface area contributed by atoms with Gasteiger partial charge in [0.05, 0.1) is 6.42 Å². The first kappa shape index (κ1) is 19.9. The van der Waals surface area contributed by atoms with Crippen LogP contribution < -0.4 is 4.74 Å². The van der Waals surface area contributed by atoms with Crippen LogP contribution in [-0.2, 0) is 23.9 Å². The average molecular weight is 346 g/mol. The fraction of sp³-hybridized carbons (Fsp3) is 0.412. The Balaban J connectivity index is 2.30. The van der Waals surface area contributed by atoms with Crippen molar-refractivity contribution in [2.24, 2.45) is 4.99 Å². The third kappa shape index (κ3) is 8.89. The molecule has 0 aliphatic rings. The van der Waals surface area contributed by atoms with Gasteiger partial charge in [0.2, 0.25) is 6.08 Å². The van der Waals surface area contributed by atoms with Gasteiger partial charge in [-0.3, -0.25) is 4.79 Å². The number of nitrogens with zero attached hydrogens (tertiary/aromatic N) is 2. The number of nitriles is 1. The first-order valence-corrected chi connectivity index (χ1v) is 7.67. The highest BCUT2D eigenvalue weighted by Gasteiger charge is 2.19. The molecule has 0 bridgehead atoms. The van der Waals surface area contributed by atoms with Gasteiger partial charge in [-0.15, -0.1) is 0 Å². The number of rotatable bonds is 11. The Morgan fingerprint density at radius 3 is 2.60 bits per heavy atom. The number of hydrogen-bond acceptors (Lipinski definition) is 8. The van der Waals surface area contributed by atoms with E-state index in [2.05, 4.69) is 9.73 Å². The highest BCUT2D eigenvalue weighted by molar-refractivity contribution is 5.77. The summed E-state index contributed by atoms with van der Waals surface area (Å²) in [7, 11) is 0. The zero-order valence-electron chi connectivity index (χ0n) is 13.6. The van der Waals surface area contributed by atoms with E-state index in [0.717, 1.165) is 0 Å². The predicted octanol–water partition coefficient (Wildman–Crippen LogP) is 1.90. The second kappa shape index (κ2) is 12.3. The number of hydrogen-bond donors (Lipinski definition) is 0. The predicted molar refractivity (Wildman–Crippen MR) is 85.0 cm³/mol. The molecule has 0 heterocycles. The van der Waals surface area contributed by atoms with Crippen LogP contribution >= 0.6 is 0 Å². The molecular weight excluding hydrogens is 328 g/mol. The molecule has 0 saturated carbocycles. The fourth-order valence-corrected chi connectivity index (χ4v) is 1.86. The molecule has 1 aromatic rings. The molecule has 8 heteroatoms. The van der Waals surface area contributed by atoms with Crippen molar-refractivity contribution in [3.05, 3.63) is 30.3 Å². The Kier molecular flexibility index (Phi) is 9.76. The van der Waals surface area contributed by atoms with Crippen molar-refractivity contribution in [1.29, 1.82) is 5.26 Å². The van der Waals surface area contributed by atoms with Gasteiger partial charge in [0.15, 0.2) is 6.04 Å². The minimum absolute atomic E-state index is 0.117. The lowest BCUT2D eigenvalue weighted by molar-refractivity contribution is -0.147. The van der Waals surface area contributed by atoms with Crippen molar-refractivity contribution in [3.63, 3.8) is 0 Å². The standard InChI is InChI=1S/C17H18N2O6/c18-12-23-10-5-4-8-15(19-13-20)17(22)24-11-9-16(21)25-14-6-2-1-3-7-14/h1-3,6-7,15H,4-5,8-11H2. The number of aliphatic imine (C=N–C) groups is 1. The third-order valence-electron chi connectivity index (χ3n) is 3.04. The van der Waals surface area contributed by atoms with Crippen LogP contribution in [0.3, 0.4) is 0 Å². The second-order valence-corrected chi connectivity index (χ2v) is 4.88. The summed E-state index contributed by atoms with van der Waals surface area (Å²) in [4.78, 5) is 37.3. The molecule has 0 aliphatic carbocycles. The molecular formula is C17H18N2O6. The van der Waals surface area contributed by atoms with Crippen LogP contribution in [0.25, 0.3) is 0 Å². The van der Waals surface area contributed by atoms with Gasteiger partial charge in [0.25, 0.3) is 6.26 Å². The number of unbranched alkanes of at least 4 members (excludes halogenated alkanes) is 1. The van der Waals surface area contributed by atoms with Crippen molar-refractivity contribution < 1.29 is 28.6 Å². The average Bonchev–Trinajstić information content (AvgIpc) is 2.61. The number of ether oxygens (including phenoxy) is 3. The van der Waals surface area contributed by atoms with Crippen LogP contribution in [0.1, 0.15) is 25.7 Å². The van der Waals surface area contributed by atoms with Gasteiger partial charge in [0, 0.05) is 0 Å². The van der Waals surface area contributed by atoms with E-state index in [-0.39, 0.29) is 26.1 Å². The van der Waals surface area contributed by atoms with E-state index in [1.807, 2.05) is 0 Å². The molecule has 1 atom stereocenters. The smallest absolute Gasteiger partial charge is 0.331 e. The molecule has 0 aliphatic heterocycles. The highest BCUT2D eigenvalue weighted by atomic mass is 16.6. The third-order valence-corrected chi connectivity index (χ3v) is 3.04. The topological polar surface area (TPSA) is 115 Å². The first-order valence-electron chi connectivity index (χ1n) is 7.67. The summed E-state index contributed by atoms with van der Waals surface area (Å²) in [5, 5.41) is 8.23. The van der Waals surface area contributed by atoms with E-state index < -0.39 is 18.0 Å². The minimum Gasteiger partial charge on any atom is -0.463 e. The summed E-state index contributed by atoms with van der Waals surface area (Å²) in [5.74, 6) is -0.845. The van der Waals surface area contributed by atoms with Crippen molar-refractivity contribution in [1.82, 2.24) is 0 Å². The van der Waals surface area contributed by atoms with Crippen LogP contribution in [-0.4, -0.2) is 37.3 Å². The van der Waals surface area contributed by atoms with Crippen LogP contribution in [0.5, 0.6) is 5.75 Å². The largest absolute Gasteiger partial charge is 0.463 e. The van der Waals surface area contributed by atoms with Crippen molar-refractivity contribution >= 4 is 18.0 Å². The summed E-state index contributed by atoms with van der Waals surface area (Å²) in [6.07, 6.45) is 4.07. The number of para-hydroxylation sites is 1. The zero-order valence-corrected chi connectivity index (χ0v) is 13.6. The van der Waals surface area contributed by atoms with E-state index >= 15 is 0 Å². The summed E-state index contributed by atoms with van der Waals surface area (Å²) >= 11 is 0. The van der Waals surface area contributed by atoms with E-state index in [0.29, 0.717) is 18.6 Å². The van der Waals surface area contributed by atoms with Crippen LogP contribution in [0.2, 0.25) is 0 Å². The van der Waals surface area contributed by atoms with Crippen LogP contribution in [0, 0.1) is 11.5 Å². The lowest BCUT2D eigenvalue weighted by Crippen LogP contribution is -2.23. The Morgan fingerprint density at radius 2 is 1.92 bits per heavy atom. The van der Waals surface area contributed by atoms with Gasteiger partial charge in [-0.25, -0.2) is 9.59 Å². The maximum atomic E-state index is 11.9. The highest BCUT2D eigenvalue weighted by Crippen LogP contribution is 2.10. The van der Waals surface area contributed by atoms with Gasteiger partial charge >= 0.3 is 11.9 Å². The lowest BCUT2D eigenvalue weighted by Gasteiger charge is -2.10. The summed E-state index contributed by atoms with van der Waals surface area (Å²) in [5.41, 5.74) is 0. The lowest BCUT2D eigenvalue weighted by atomic mass is 10.1. The SMILES string of the molecule is N#COCCCCC(N=C=O)C(=O)OCCC(=O)Oc1ccccc1. The molecule has 8 nitrogen and oxygen atoms in total. The molecule has 0 saturated heterocycles. The van der Waals surface area contributed by atoms with E-state index in [1.165, 1.54) is 12.3 Å². The minimum atomic E-state index is -0.982. The molecule has 0 N–H and O–H groups in total. The Hall–Kier alpha value is -3.17. The number of carbonyl (C=O) groups is 2. The molecule has 0 amide bonds. The number of carbonyl (C=O) groups excluding carboxylic acids is 3. The molecule has 132 valence electrons. The summed E-state index contributed by atoms with van der Waals surface area (Å²) < 4.78 is 14.5. The monoisotopic (exact) mass is 346 g/mol. The molecule has 0 fully saturated rings. The number of esters is 2. The number of benzene rings is 1. The molecule has 25 heavy (non-hydrogen) atoms. The quantitative estimate of drug-likeness (QED) is 0.150. The Morgan fingerprint density at radius 1 is 1.16 bits per heavy atom. The van der Waals surface area contributed by atoms with Crippen molar-refractivity contribution in [2.45, 2.75) is 31.7 Å². The molecule has 1 aromatic carbocycles. The van der Waals surface area contributed by atoms with Crippen LogP contribution in [0.15, 0.2) is 35.3 Å². The normalized spacial score (nSPS) is 10.7. The molecule has 0 aromatic heterocycles. The van der Waals surface area contributed by atoms with Gasteiger partial charge in [-0.05, 0) is 31.4 Å². The molecule has 1 unspecified atom stereocenters. The Labute approximate surface area is 145 Å². The summed E-state index contributed by atoms with van der Waals surface area (Å²) in [6.45, 7) is 0.0569. The maximum absolute atomic E-state index is 11.9. The maximum Gasteiger partial charge on any atom is 0.331 e. The van der Waals surface area contributed by atoms with Crippen molar-refractivity contribution in [3.8, 4) is 12.0 Å². The second-order valence-electron chi connectivity index (χ2n) is 4.88. The van der Waals surface area contributed by atoms with E-state index in [4.69, 9.17) is 14.7 Å². The van der Waals surface area contributed by atoms with E-state index in [1.54, 1.807) is 30.3 Å². The van der Waals surface area contributed by atoms with Crippen LogP contribution in [0.4, 0.5) is 0 Å². The van der Waals surface area contributed by atoms with Gasteiger partial charge in [-0.1, -0.05) is 18.2 Å². The molecule has 0 spiro atoms. The fourth-order valence-electron chi connectivity index (χ4n) is 1.86. The summed E-state index contributed by atoms with van der Waals surface area (Å²) in [6, 6.07) is 7.53. The molecule has 1 rings (SSSR count). The van der Waals surface area contributed by atoms with Gasteiger partial charge in [-0.2, -0.15) is 10.3 Å². The zero-order chi connectivity index (χ0) is 18.3. The number of isocyanates is 1. The Bertz CT molecular complexity index is 634. The first-order chi connectivity index (χ1) is 12.2. The molecule has 0 radical (unpaired) electrons. The van der Waals surface area contributed by atoms with Gasteiger partial charge < -0.3 is 14.2 Å². The van der Waals surface area contributed by atoms with E-state index in [9.17, 15) is 14.4 Å². The van der Waals surface area contributed by atoms with Crippen molar-refractivity contribution in [2.75, 3.05) is 13.2 Å².